The van der Waals surface area contributed by atoms with Gasteiger partial charge in [-0.25, -0.2) is 0 Å². The fourth-order valence-corrected chi connectivity index (χ4v) is 4.37. The molecule has 0 spiro atoms. The van der Waals surface area contributed by atoms with Crippen LogP contribution in [-0.4, -0.2) is 30.5 Å². The van der Waals surface area contributed by atoms with Crippen LogP contribution in [0.4, 0.5) is 0 Å². The number of nitriles is 1. The van der Waals surface area contributed by atoms with E-state index in [4.69, 9.17) is 4.74 Å². The minimum Gasteiger partial charge on any atom is -0.494 e. The third-order valence-corrected chi connectivity index (χ3v) is 6.06. The number of piperidine rings is 1. The molecule has 1 aromatic rings. The van der Waals surface area contributed by atoms with Crippen LogP contribution in [0.25, 0.3) is 0 Å². The van der Waals surface area contributed by atoms with E-state index in [1.165, 1.54) is 12.0 Å². The average Bonchev–Trinajstić information content (AvgIpc) is 3.18. The molecule has 3 rings (SSSR count). The van der Waals surface area contributed by atoms with Gasteiger partial charge in [-0.05, 0) is 69.1 Å². The van der Waals surface area contributed by atoms with Crippen LogP contribution in [0.2, 0.25) is 0 Å². The number of likely N-dealkylation sites (tertiary alicyclic amines) is 1. The van der Waals surface area contributed by atoms with Crippen LogP contribution in [0, 0.1) is 22.7 Å². The summed E-state index contributed by atoms with van der Waals surface area (Å²) in [5.41, 5.74) is 0.635. The van der Waals surface area contributed by atoms with Crippen LogP contribution < -0.4 is 4.74 Å². The predicted octanol–water partition coefficient (Wildman–Crippen LogP) is 4.34. The van der Waals surface area contributed by atoms with Crippen molar-refractivity contribution in [1.82, 2.24) is 4.90 Å². The highest BCUT2D eigenvalue weighted by Gasteiger charge is 2.44. The molecule has 140 valence electrons. The molecule has 2 fully saturated rings. The van der Waals surface area contributed by atoms with Crippen molar-refractivity contribution in [2.45, 2.75) is 58.3 Å². The summed E-state index contributed by atoms with van der Waals surface area (Å²) in [6.45, 7) is 4.33. The number of carbonyl (C=O) groups is 1. The second-order valence-corrected chi connectivity index (χ2v) is 7.75. The molecular formula is C22H30N2O2. The Hall–Kier alpha value is -2.02. The van der Waals surface area contributed by atoms with Gasteiger partial charge in [-0.15, -0.1) is 0 Å². The van der Waals surface area contributed by atoms with Gasteiger partial charge in [0.2, 0.25) is 5.91 Å². The first kappa shape index (κ1) is 18.8. The molecule has 2 aliphatic rings. The van der Waals surface area contributed by atoms with Gasteiger partial charge in [0.1, 0.15) is 11.2 Å². The summed E-state index contributed by atoms with van der Waals surface area (Å²) in [5, 5.41) is 9.53. The van der Waals surface area contributed by atoms with E-state index < -0.39 is 5.41 Å². The summed E-state index contributed by atoms with van der Waals surface area (Å²) in [6, 6.07) is 10.7. The molecule has 0 atom stereocenters. The first-order chi connectivity index (χ1) is 12.7. The van der Waals surface area contributed by atoms with E-state index in [1.807, 2.05) is 24.0 Å². The van der Waals surface area contributed by atoms with E-state index >= 15 is 0 Å². The highest BCUT2D eigenvalue weighted by molar-refractivity contribution is 5.85. The molecule has 1 amide bonds. The van der Waals surface area contributed by atoms with Crippen LogP contribution in [0.1, 0.15) is 57.4 Å². The summed E-state index contributed by atoms with van der Waals surface area (Å²) in [6.07, 6.45) is 7.89. The summed E-state index contributed by atoms with van der Waals surface area (Å²) < 4.78 is 5.49. The lowest BCUT2D eigenvalue weighted by atomic mass is 9.84. The Kier molecular flexibility index (Phi) is 6.19. The molecule has 4 nitrogen and oxygen atoms in total. The van der Waals surface area contributed by atoms with Crippen molar-refractivity contribution in [3.63, 3.8) is 0 Å². The number of benzene rings is 1. The first-order valence-electron chi connectivity index (χ1n) is 10.1. The quantitative estimate of drug-likeness (QED) is 0.763. The molecule has 0 radical (unpaired) electrons. The van der Waals surface area contributed by atoms with Gasteiger partial charge in [0.15, 0.2) is 0 Å². The number of aryl methyl sites for hydroxylation is 1. The summed E-state index contributed by atoms with van der Waals surface area (Å²) >= 11 is 0. The molecule has 1 aromatic carbocycles. The zero-order chi connectivity index (χ0) is 18.4. The summed E-state index contributed by atoms with van der Waals surface area (Å²) in [4.78, 5) is 14.8. The molecule has 0 bridgehead atoms. The zero-order valence-corrected chi connectivity index (χ0v) is 15.9. The maximum atomic E-state index is 12.8. The number of rotatable bonds is 6. The lowest BCUT2D eigenvalue weighted by molar-refractivity contribution is -0.140. The van der Waals surface area contributed by atoms with Gasteiger partial charge < -0.3 is 9.64 Å². The van der Waals surface area contributed by atoms with Gasteiger partial charge in [0.05, 0.1) is 12.7 Å². The van der Waals surface area contributed by atoms with Crippen molar-refractivity contribution in [3.05, 3.63) is 29.8 Å². The molecule has 0 unspecified atom stereocenters. The third kappa shape index (κ3) is 4.20. The van der Waals surface area contributed by atoms with E-state index in [0.29, 0.717) is 12.5 Å². The standard InChI is InChI=1S/C22H30N2O2/c1-2-26-20-9-7-18(8-10-20)5-6-19-11-15-24(16-12-19)21(25)22(17-23)13-3-4-14-22/h7-10,19H,2-6,11-16H2,1H3. The van der Waals surface area contributed by atoms with Crippen molar-refractivity contribution in [2.24, 2.45) is 11.3 Å². The van der Waals surface area contributed by atoms with Gasteiger partial charge in [-0.1, -0.05) is 25.0 Å². The number of amides is 1. The fraction of sp³-hybridized carbons (Fsp3) is 0.636. The maximum absolute atomic E-state index is 12.8. The van der Waals surface area contributed by atoms with Crippen LogP contribution in [0.3, 0.4) is 0 Å². The highest BCUT2D eigenvalue weighted by atomic mass is 16.5. The first-order valence-corrected chi connectivity index (χ1v) is 10.1. The Balaban J connectivity index is 1.45. The fourth-order valence-electron chi connectivity index (χ4n) is 4.37. The second-order valence-electron chi connectivity index (χ2n) is 7.75. The van der Waals surface area contributed by atoms with Gasteiger partial charge in [-0.3, -0.25) is 4.79 Å². The molecule has 1 heterocycles. The Morgan fingerprint density at radius 1 is 1.23 bits per heavy atom. The van der Waals surface area contributed by atoms with Crippen molar-refractivity contribution >= 4 is 5.91 Å². The van der Waals surface area contributed by atoms with Crippen molar-refractivity contribution in [1.29, 1.82) is 5.26 Å². The molecule has 0 aromatic heterocycles. The Morgan fingerprint density at radius 3 is 2.46 bits per heavy atom. The summed E-state index contributed by atoms with van der Waals surface area (Å²) in [5.74, 6) is 1.70. The van der Waals surface area contributed by atoms with E-state index in [-0.39, 0.29) is 5.91 Å². The molecule has 1 saturated heterocycles. The normalized spacial score (nSPS) is 19.9. The van der Waals surface area contributed by atoms with E-state index in [1.54, 1.807) is 0 Å². The predicted molar refractivity (Wildman–Crippen MR) is 102 cm³/mol. The van der Waals surface area contributed by atoms with Crippen LogP contribution in [0.15, 0.2) is 24.3 Å². The molecular weight excluding hydrogens is 324 g/mol. The topological polar surface area (TPSA) is 53.3 Å². The molecule has 1 saturated carbocycles. The number of nitrogens with zero attached hydrogens (tertiary/aromatic N) is 2. The Morgan fingerprint density at radius 2 is 1.88 bits per heavy atom. The largest absolute Gasteiger partial charge is 0.494 e. The van der Waals surface area contributed by atoms with Crippen LogP contribution >= 0.6 is 0 Å². The highest BCUT2D eigenvalue weighted by Crippen LogP contribution is 2.40. The lowest BCUT2D eigenvalue weighted by Gasteiger charge is -2.35. The number of hydrogen-bond acceptors (Lipinski definition) is 3. The average molecular weight is 354 g/mol. The minimum absolute atomic E-state index is 0.0995. The minimum atomic E-state index is -0.713. The molecule has 4 heteroatoms. The van der Waals surface area contributed by atoms with Gasteiger partial charge in [0, 0.05) is 13.1 Å². The van der Waals surface area contributed by atoms with Gasteiger partial charge in [0.25, 0.3) is 0 Å². The van der Waals surface area contributed by atoms with E-state index in [9.17, 15) is 10.1 Å². The van der Waals surface area contributed by atoms with E-state index in [2.05, 4.69) is 18.2 Å². The van der Waals surface area contributed by atoms with Crippen molar-refractivity contribution in [2.75, 3.05) is 19.7 Å². The molecule has 1 aliphatic heterocycles. The Labute approximate surface area is 157 Å². The molecule has 26 heavy (non-hydrogen) atoms. The lowest BCUT2D eigenvalue weighted by Crippen LogP contribution is -2.46. The number of hydrogen-bond donors (Lipinski definition) is 0. The number of carbonyl (C=O) groups excluding carboxylic acids is 1. The van der Waals surface area contributed by atoms with Crippen LogP contribution in [0.5, 0.6) is 5.75 Å². The zero-order valence-electron chi connectivity index (χ0n) is 15.9. The smallest absolute Gasteiger partial charge is 0.243 e. The SMILES string of the molecule is CCOc1ccc(CCC2CCN(C(=O)C3(C#N)CCCC3)CC2)cc1. The monoisotopic (exact) mass is 354 g/mol. The van der Waals surface area contributed by atoms with Crippen LogP contribution in [-0.2, 0) is 11.2 Å². The Bertz CT molecular complexity index is 633. The maximum Gasteiger partial charge on any atom is 0.243 e. The van der Waals surface area contributed by atoms with Gasteiger partial charge in [-0.2, -0.15) is 5.26 Å². The van der Waals surface area contributed by atoms with Crippen molar-refractivity contribution in [3.8, 4) is 11.8 Å². The molecule has 0 N–H and O–H groups in total. The number of ether oxygens (including phenoxy) is 1. The third-order valence-electron chi connectivity index (χ3n) is 6.06. The van der Waals surface area contributed by atoms with E-state index in [0.717, 1.165) is 63.8 Å². The second kappa shape index (κ2) is 8.58. The van der Waals surface area contributed by atoms with Gasteiger partial charge >= 0.3 is 0 Å². The molecule has 1 aliphatic carbocycles. The van der Waals surface area contributed by atoms with Crippen molar-refractivity contribution < 1.29 is 9.53 Å². The summed E-state index contributed by atoms with van der Waals surface area (Å²) in [7, 11) is 0.